The zero-order valence-electron chi connectivity index (χ0n) is 13.1. The van der Waals surface area contributed by atoms with Crippen molar-refractivity contribution in [2.24, 2.45) is 0 Å². The van der Waals surface area contributed by atoms with Crippen LogP contribution in [0, 0.1) is 0 Å². The Morgan fingerprint density at radius 2 is 2.00 bits per heavy atom. The molecule has 1 amide bonds. The molecule has 0 radical (unpaired) electrons. The summed E-state index contributed by atoms with van der Waals surface area (Å²) in [6, 6.07) is 4.70. The predicted molar refractivity (Wildman–Crippen MR) is 92.6 cm³/mol. The highest BCUT2D eigenvalue weighted by Crippen LogP contribution is 2.09. The van der Waals surface area contributed by atoms with E-state index in [1.54, 1.807) is 19.1 Å². The predicted octanol–water partition coefficient (Wildman–Crippen LogP) is 0.471. The standard InChI is InChI=1S/C15H20N4O3.ClH/c1-3-19-14(21)11-6-5-10(9-12(11)18-15(19)22)13(20)17-8-4-7-16-2;/h5-6,9,16H,3-4,7-8H2,1-2H3,(H,17,20)(H,18,22);1H. The van der Waals surface area contributed by atoms with Crippen LogP contribution in [-0.4, -0.2) is 35.6 Å². The number of aromatic amines is 1. The fourth-order valence-corrected chi connectivity index (χ4v) is 2.25. The second kappa shape index (κ2) is 8.50. The lowest BCUT2D eigenvalue weighted by Gasteiger charge is -2.07. The van der Waals surface area contributed by atoms with Crippen LogP contribution in [0.15, 0.2) is 27.8 Å². The van der Waals surface area contributed by atoms with E-state index in [4.69, 9.17) is 0 Å². The number of carbonyl (C=O) groups excluding carboxylic acids is 1. The number of amides is 1. The monoisotopic (exact) mass is 340 g/mol. The smallest absolute Gasteiger partial charge is 0.328 e. The highest BCUT2D eigenvalue weighted by Gasteiger charge is 2.10. The van der Waals surface area contributed by atoms with Crippen LogP contribution in [0.4, 0.5) is 0 Å². The van der Waals surface area contributed by atoms with Crippen LogP contribution in [0.2, 0.25) is 0 Å². The van der Waals surface area contributed by atoms with Gasteiger partial charge in [0.15, 0.2) is 0 Å². The lowest BCUT2D eigenvalue weighted by atomic mass is 10.1. The van der Waals surface area contributed by atoms with E-state index in [0.29, 0.717) is 29.6 Å². The van der Waals surface area contributed by atoms with E-state index in [1.807, 2.05) is 7.05 Å². The molecule has 3 N–H and O–H groups in total. The Kier molecular flexibility index (Phi) is 6.99. The Bertz CT molecular complexity index is 797. The first-order valence-corrected chi connectivity index (χ1v) is 7.28. The minimum Gasteiger partial charge on any atom is -0.352 e. The van der Waals surface area contributed by atoms with E-state index < -0.39 is 5.69 Å². The van der Waals surface area contributed by atoms with Crippen molar-refractivity contribution in [3.05, 3.63) is 44.6 Å². The summed E-state index contributed by atoms with van der Waals surface area (Å²) >= 11 is 0. The molecular formula is C15H21ClN4O3. The van der Waals surface area contributed by atoms with Crippen LogP contribution in [0.3, 0.4) is 0 Å². The number of hydrogen-bond donors (Lipinski definition) is 3. The number of fused-ring (bicyclic) bond motifs is 1. The number of carbonyl (C=O) groups is 1. The normalized spacial score (nSPS) is 10.3. The van der Waals surface area contributed by atoms with Gasteiger partial charge in [-0.3, -0.25) is 14.2 Å². The molecule has 0 fully saturated rings. The maximum atomic E-state index is 12.1. The number of rotatable bonds is 6. The summed E-state index contributed by atoms with van der Waals surface area (Å²) in [6.45, 7) is 3.42. The zero-order valence-corrected chi connectivity index (χ0v) is 14.0. The van der Waals surface area contributed by atoms with Gasteiger partial charge in [-0.25, -0.2) is 4.79 Å². The van der Waals surface area contributed by atoms with Crippen molar-refractivity contribution < 1.29 is 4.79 Å². The Hall–Kier alpha value is -2.12. The minimum absolute atomic E-state index is 0. The molecule has 2 aromatic rings. The van der Waals surface area contributed by atoms with Gasteiger partial charge >= 0.3 is 5.69 Å². The molecule has 0 aliphatic carbocycles. The average Bonchev–Trinajstić information content (AvgIpc) is 2.51. The van der Waals surface area contributed by atoms with Gasteiger partial charge in [0.1, 0.15) is 0 Å². The Morgan fingerprint density at radius 3 is 2.65 bits per heavy atom. The fourth-order valence-electron chi connectivity index (χ4n) is 2.25. The summed E-state index contributed by atoms with van der Waals surface area (Å²) in [5.41, 5.74) is -0.0161. The van der Waals surface area contributed by atoms with Crippen molar-refractivity contribution in [3.63, 3.8) is 0 Å². The maximum Gasteiger partial charge on any atom is 0.328 e. The first-order chi connectivity index (χ1) is 10.6. The van der Waals surface area contributed by atoms with Gasteiger partial charge < -0.3 is 15.6 Å². The van der Waals surface area contributed by atoms with Crippen molar-refractivity contribution in [1.29, 1.82) is 0 Å². The zero-order chi connectivity index (χ0) is 16.1. The van der Waals surface area contributed by atoms with Crippen molar-refractivity contribution in [1.82, 2.24) is 20.2 Å². The molecule has 23 heavy (non-hydrogen) atoms. The number of hydrogen-bond acceptors (Lipinski definition) is 4. The molecule has 8 heteroatoms. The lowest BCUT2D eigenvalue weighted by Crippen LogP contribution is -2.34. The van der Waals surface area contributed by atoms with Gasteiger partial charge in [0.05, 0.1) is 10.9 Å². The summed E-state index contributed by atoms with van der Waals surface area (Å²) in [5, 5.41) is 6.19. The van der Waals surface area contributed by atoms with Crippen LogP contribution >= 0.6 is 12.4 Å². The van der Waals surface area contributed by atoms with Gasteiger partial charge in [-0.05, 0) is 45.1 Å². The molecule has 0 saturated heterocycles. The van der Waals surface area contributed by atoms with Gasteiger partial charge in [-0.2, -0.15) is 0 Å². The number of benzene rings is 1. The molecule has 1 heterocycles. The molecular weight excluding hydrogens is 320 g/mol. The fraction of sp³-hybridized carbons (Fsp3) is 0.400. The summed E-state index contributed by atoms with van der Waals surface area (Å²) in [4.78, 5) is 38.6. The second-order valence-electron chi connectivity index (χ2n) is 4.95. The van der Waals surface area contributed by atoms with Crippen molar-refractivity contribution in [2.45, 2.75) is 19.9 Å². The van der Waals surface area contributed by atoms with Gasteiger partial charge in [0, 0.05) is 18.7 Å². The van der Waals surface area contributed by atoms with E-state index in [1.165, 1.54) is 6.07 Å². The van der Waals surface area contributed by atoms with Gasteiger partial charge in [-0.15, -0.1) is 12.4 Å². The highest BCUT2D eigenvalue weighted by atomic mass is 35.5. The molecule has 0 aliphatic heterocycles. The molecule has 1 aromatic carbocycles. The summed E-state index contributed by atoms with van der Waals surface area (Å²) in [6.07, 6.45) is 0.827. The molecule has 126 valence electrons. The molecule has 0 unspecified atom stereocenters. The number of nitrogens with one attached hydrogen (secondary N) is 3. The van der Waals surface area contributed by atoms with Gasteiger partial charge in [0.2, 0.25) is 0 Å². The van der Waals surface area contributed by atoms with E-state index in [9.17, 15) is 14.4 Å². The number of nitrogens with zero attached hydrogens (tertiary/aromatic N) is 1. The van der Waals surface area contributed by atoms with Crippen LogP contribution in [-0.2, 0) is 6.54 Å². The highest BCUT2D eigenvalue weighted by molar-refractivity contribution is 5.97. The lowest BCUT2D eigenvalue weighted by molar-refractivity contribution is 0.0953. The minimum atomic E-state index is -0.466. The van der Waals surface area contributed by atoms with E-state index >= 15 is 0 Å². The van der Waals surface area contributed by atoms with Crippen molar-refractivity contribution >= 4 is 29.2 Å². The first kappa shape index (κ1) is 18.9. The largest absolute Gasteiger partial charge is 0.352 e. The summed E-state index contributed by atoms with van der Waals surface area (Å²) < 4.78 is 1.12. The molecule has 0 saturated carbocycles. The third-order valence-corrected chi connectivity index (χ3v) is 3.45. The summed E-state index contributed by atoms with van der Waals surface area (Å²) in [5.74, 6) is -0.224. The number of aromatic nitrogens is 2. The molecule has 0 spiro atoms. The van der Waals surface area contributed by atoms with Crippen LogP contribution in [0.25, 0.3) is 10.9 Å². The molecule has 0 atom stereocenters. The third-order valence-electron chi connectivity index (χ3n) is 3.45. The van der Waals surface area contributed by atoms with Crippen molar-refractivity contribution in [3.8, 4) is 0 Å². The molecule has 0 bridgehead atoms. The Labute approximate surface area is 139 Å². The number of halogens is 1. The Balaban J connectivity index is 0.00000264. The van der Waals surface area contributed by atoms with Crippen LogP contribution in [0.5, 0.6) is 0 Å². The third kappa shape index (κ3) is 4.20. The summed E-state index contributed by atoms with van der Waals surface area (Å²) in [7, 11) is 1.85. The second-order valence-corrected chi connectivity index (χ2v) is 4.95. The SMILES string of the molecule is CCn1c(=O)[nH]c2cc(C(=O)NCCCNC)ccc2c1=O.Cl. The van der Waals surface area contributed by atoms with E-state index in [2.05, 4.69) is 15.6 Å². The van der Waals surface area contributed by atoms with Crippen LogP contribution in [0.1, 0.15) is 23.7 Å². The van der Waals surface area contributed by atoms with Gasteiger partial charge in [0.25, 0.3) is 11.5 Å². The molecule has 1 aromatic heterocycles. The number of H-pyrrole nitrogens is 1. The molecule has 7 nitrogen and oxygen atoms in total. The Morgan fingerprint density at radius 1 is 1.26 bits per heavy atom. The first-order valence-electron chi connectivity index (χ1n) is 7.28. The quantitative estimate of drug-likeness (QED) is 0.666. The van der Waals surface area contributed by atoms with E-state index in [0.717, 1.165) is 17.5 Å². The topological polar surface area (TPSA) is 96.0 Å². The van der Waals surface area contributed by atoms with E-state index in [-0.39, 0.29) is 23.9 Å². The van der Waals surface area contributed by atoms with Crippen LogP contribution < -0.4 is 21.9 Å². The molecule has 2 rings (SSSR count). The average molecular weight is 341 g/mol. The maximum absolute atomic E-state index is 12.1. The van der Waals surface area contributed by atoms with Crippen molar-refractivity contribution in [2.75, 3.05) is 20.1 Å². The van der Waals surface area contributed by atoms with Gasteiger partial charge in [-0.1, -0.05) is 0 Å². The molecule has 0 aliphatic rings.